The van der Waals surface area contributed by atoms with E-state index in [4.69, 9.17) is 4.74 Å². The van der Waals surface area contributed by atoms with E-state index in [-0.39, 0.29) is 11.3 Å². The summed E-state index contributed by atoms with van der Waals surface area (Å²) < 4.78 is 43.0. The molecule has 0 fully saturated rings. The summed E-state index contributed by atoms with van der Waals surface area (Å²) in [5.74, 6) is 0.350. The van der Waals surface area contributed by atoms with Gasteiger partial charge < -0.3 is 4.74 Å². The molecule has 0 bridgehead atoms. The van der Waals surface area contributed by atoms with Crippen LogP contribution in [0.15, 0.2) is 48.5 Å². The van der Waals surface area contributed by atoms with Crippen molar-refractivity contribution in [2.75, 3.05) is 0 Å². The van der Waals surface area contributed by atoms with Crippen LogP contribution in [0.3, 0.4) is 0 Å². The number of carbonyl (C=O) groups excluding carboxylic acids is 1. The Bertz CT molecular complexity index is 650. The van der Waals surface area contributed by atoms with Crippen LogP contribution in [0.25, 0.3) is 0 Å². The number of rotatable bonds is 2. The quantitative estimate of drug-likeness (QED) is 0.785. The first-order valence-electron chi connectivity index (χ1n) is 6.41. The first kappa shape index (κ1) is 13.7. The van der Waals surface area contributed by atoms with Crippen molar-refractivity contribution in [1.29, 1.82) is 0 Å². The molecular formula is C16H11F3O2. The van der Waals surface area contributed by atoms with Crippen LogP contribution in [0.5, 0.6) is 5.75 Å². The second-order valence-corrected chi connectivity index (χ2v) is 4.86. The summed E-state index contributed by atoms with van der Waals surface area (Å²) in [4.78, 5) is 12.3. The number of alkyl halides is 3. The second kappa shape index (κ2) is 4.91. The fourth-order valence-corrected chi connectivity index (χ4v) is 2.34. The van der Waals surface area contributed by atoms with E-state index in [1.807, 2.05) is 18.2 Å². The molecule has 0 amide bonds. The Morgan fingerprint density at radius 3 is 2.33 bits per heavy atom. The van der Waals surface area contributed by atoms with Gasteiger partial charge in [0.25, 0.3) is 0 Å². The van der Waals surface area contributed by atoms with Gasteiger partial charge in [0.05, 0.1) is 5.56 Å². The van der Waals surface area contributed by atoms with Crippen molar-refractivity contribution in [3.05, 3.63) is 65.2 Å². The first-order chi connectivity index (χ1) is 9.95. The summed E-state index contributed by atoms with van der Waals surface area (Å²) in [6, 6.07) is 11.5. The molecule has 21 heavy (non-hydrogen) atoms. The van der Waals surface area contributed by atoms with Gasteiger partial charge in [-0.2, -0.15) is 13.2 Å². The number of hydrogen-bond donors (Lipinski definition) is 0. The lowest BCUT2D eigenvalue weighted by Gasteiger charge is -2.11. The van der Waals surface area contributed by atoms with Crippen LogP contribution in [0, 0.1) is 0 Å². The molecule has 0 aliphatic carbocycles. The molecule has 1 aliphatic rings. The van der Waals surface area contributed by atoms with E-state index in [1.54, 1.807) is 6.07 Å². The standard InChI is InChI=1S/C16H11F3O2/c17-16(18,19)12-7-5-10(6-8-12)15(20)14-9-11-3-1-2-4-13(11)21-14/h1-8,14H,9H2. The maximum Gasteiger partial charge on any atom is 0.416 e. The minimum absolute atomic E-state index is 0.223. The molecule has 0 saturated carbocycles. The molecule has 5 heteroatoms. The van der Waals surface area contributed by atoms with Crippen LogP contribution in [-0.2, 0) is 12.6 Å². The molecule has 0 spiro atoms. The highest BCUT2D eigenvalue weighted by atomic mass is 19.4. The van der Waals surface area contributed by atoms with Gasteiger partial charge in [-0.25, -0.2) is 0 Å². The van der Waals surface area contributed by atoms with Crippen LogP contribution < -0.4 is 4.74 Å². The zero-order chi connectivity index (χ0) is 15.0. The SMILES string of the molecule is O=C(c1ccc(C(F)(F)F)cc1)C1Cc2ccccc2O1. The van der Waals surface area contributed by atoms with Crippen molar-refractivity contribution in [2.24, 2.45) is 0 Å². The number of Topliss-reactive ketones (excluding diaryl/α,β-unsaturated/α-hetero) is 1. The van der Waals surface area contributed by atoms with Crippen molar-refractivity contribution in [3.63, 3.8) is 0 Å². The molecule has 2 aromatic rings. The van der Waals surface area contributed by atoms with Crippen LogP contribution in [-0.4, -0.2) is 11.9 Å². The van der Waals surface area contributed by atoms with Gasteiger partial charge >= 0.3 is 6.18 Å². The van der Waals surface area contributed by atoms with Gasteiger partial charge in [0.15, 0.2) is 6.10 Å². The van der Waals surface area contributed by atoms with Crippen molar-refractivity contribution < 1.29 is 22.7 Å². The predicted octanol–water partition coefficient (Wildman–Crippen LogP) is 3.89. The van der Waals surface area contributed by atoms with E-state index >= 15 is 0 Å². The number of benzene rings is 2. The van der Waals surface area contributed by atoms with Gasteiger partial charge in [-0.15, -0.1) is 0 Å². The Morgan fingerprint density at radius 1 is 1.05 bits per heavy atom. The highest BCUT2D eigenvalue weighted by molar-refractivity contribution is 6.00. The minimum Gasteiger partial charge on any atom is -0.482 e. The van der Waals surface area contributed by atoms with E-state index in [2.05, 4.69) is 0 Å². The molecular weight excluding hydrogens is 281 g/mol. The molecule has 1 atom stereocenters. The topological polar surface area (TPSA) is 26.3 Å². The number of halogens is 3. The third-order valence-electron chi connectivity index (χ3n) is 3.44. The second-order valence-electron chi connectivity index (χ2n) is 4.86. The largest absolute Gasteiger partial charge is 0.482 e. The summed E-state index contributed by atoms with van der Waals surface area (Å²) in [7, 11) is 0. The van der Waals surface area contributed by atoms with E-state index in [9.17, 15) is 18.0 Å². The monoisotopic (exact) mass is 292 g/mol. The molecule has 0 N–H and O–H groups in total. The molecule has 1 aliphatic heterocycles. The van der Waals surface area contributed by atoms with Gasteiger partial charge in [-0.3, -0.25) is 4.79 Å². The Hall–Kier alpha value is -2.30. The fraction of sp³-hybridized carbons (Fsp3) is 0.188. The van der Waals surface area contributed by atoms with Crippen LogP contribution in [0.2, 0.25) is 0 Å². The summed E-state index contributed by atoms with van der Waals surface area (Å²) in [6.45, 7) is 0. The Kier molecular flexibility index (Phi) is 3.20. The van der Waals surface area contributed by atoms with Crippen LogP contribution >= 0.6 is 0 Å². The fourth-order valence-electron chi connectivity index (χ4n) is 2.34. The molecule has 0 saturated heterocycles. The van der Waals surface area contributed by atoms with Gasteiger partial charge in [0.1, 0.15) is 5.75 Å². The maximum absolute atomic E-state index is 12.5. The number of hydrogen-bond acceptors (Lipinski definition) is 2. The predicted molar refractivity (Wildman–Crippen MR) is 70.3 cm³/mol. The van der Waals surface area contributed by atoms with Crippen LogP contribution in [0.1, 0.15) is 21.5 Å². The zero-order valence-corrected chi connectivity index (χ0v) is 10.9. The smallest absolute Gasteiger partial charge is 0.416 e. The zero-order valence-electron chi connectivity index (χ0n) is 10.9. The average Bonchev–Trinajstić information content (AvgIpc) is 2.89. The molecule has 2 nitrogen and oxygen atoms in total. The molecule has 1 heterocycles. The van der Waals surface area contributed by atoms with E-state index < -0.39 is 17.8 Å². The summed E-state index contributed by atoms with van der Waals surface area (Å²) in [5, 5.41) is 0. The third kappa shape index (κ3) is 2.63. The minimum atomic E-state index is -4.40. The van der Waals surface area contributed by atoms with E-state index in [0.29, 0.717) is 12.2 Å². The molecule has 108 valence electrons. The van der Waals surface area contributed by atoms with Crippen LogP contribution in [0.4, 0.5) is 13.2 Å². The molecule has 2 aromatic carbocycles. The summed E-state index contributed by atoms with van der Waals surface area (Å²) in [5.41, 5.74) is 0.387. The number of fused-ring (bicyclic) bond motifs is 1. The van der Waals surface area contributed by atoms with Gasteiger partial charge in [-0.1, -0.05) is 30.3 Å². The third-order valence-corrected chi connectivity index (χ3v) is 3.44. The molecule has 3 rings (SSSR count). The Balaban J connectivity index is 1.78. The van der Waals surface area contributed by atoms with Gasteiger partial charge in [0.2, 0.25) is 5.78 Å². The van der Waals surface area contributed by atoms with E-state index in [1.165, 1.54) is 12.1 Å². The Morgan fingerprint density at radius 2 is 1.71 bits per heavy atom. The number of ether oxygens (including phenoxy) is 1. The summed E-state index contributed by atoms with van der Waals surface area (Å²) >= 11 is 0. The molecule has 0 aromatic heterocycles. The van der Waals surface area contributed by atoms with Crippen molar-refractivity contribution in [2.45, 2.75) is 18.7 Å². The van der Waals surface area contributed by atoms with Gasteiger partial charge in [-0.05, 0) is 23.8 Å². The lowest BCUT2D eigenvalue weighted by atomic mass is 10.0. The number of para-hydroxylation sites is 1. The normalized spacial score (nSPS) is 17.2. The van der Waals surface area contributed by atoms with E-state index in [0.717, 1.165) is 17.7 Å². The van der Waals surface area contributed by atoms with Crippen molar-refractivity contribution in [3.8, 4) is 5.75 Å². The summed E-state index contributed by atoms with van der Waals surface area (Å²) in [6.07, 6.45) is -4.63. The number of ketones is 1. The lowest BCUT2D eigenvalue weighted by molar-refractivity contribution is -0.137. The highest BCUT2D eigenvalue weighted by Crippen LogP contribution is 2.31. The maximum atomic E-state index is 12.5. The first-order valence-corrected chi connectivity index (χ1v) is 6.41. The Labute approximate surface area is 119 Å². The molecule has 0 radical (unpaired) electrons. The van der Waals surface area contributed by atoms with Gasteiger partial charge in [0, 0.05) is 12.0 Å². The highest BCUT2D eigenvalue weighted by Gasteiger charge is 2.32. The van der Waals surface area contributed by atoms with Crippen molar-refractivity contribution in [1.82, 2.24) is 0 Å². The number of carbonyl (C=O) groups is 1. The molecule has 1 unspecified atom stereocenters. The average molecular weight is 292 g/mol. The lowest BCUT2D eigenvalue weighted by Crippen LogP contribution is -2.25. The van der Waals surface area contributed by atoms with Crippen molar-refractivity contribution >= 4 is 5.78 Å².